The van der Waals surface area contributed by atoms with E-state index in [1.807, 2.05) is 26.0 Å². The van der Waals surface area contributed by atoms with Crippen LogP contribution in [-0.2, 0) is 19.6 Å². The first kappa shape index (κ1) is 24.3. The summed E-state index contributed by atoms with van der Waals surface area (Å²) in [5, 5.41) is 3.23. The van der Waals surface area contributed by atoms with Crippen molar-refractivity contribution in [3.8, 4) is 0 Å². The van der Waals surface area contributed by atoms with Crippen molar-refractivity contribution in [2.24, 2.45) is 0 Å². The minimum Gasteiger partial charge on any atom is -0.452 e. The molecule has 3 aromatic rings. The van der Waals surface area contributed by atoms with E-state index >= 15 is 0 Å². The number of hydrogen-bond donors (Lipinski definition) is 1. The first-order valence-electron chi connectivity index (χ1n) is 10.4. The number of para-hydroxylation sites is 1. The van der Waals surface area contributed by atoms with Gasteiger partial charge in [0.05, 0.1) is 16.0 Å². The Morgan fingerprint density at radius 3 is 2.45 bits per heavy atom. The van der Waals surface area contributed by atoms with Gasteiger partial charge in [0.1, 0.15) is 0 Å². The molecule has 0 unspecified atom stereocenters. The Morgan fingerprint density at radius 1 is 1.09 bits per heavy atom. The number of anilines is 1. The molecule has 8 nitrogen and oxygen atoms in total. The maximum absolute atomic E-state index is 12.8. The van der Waals surface area contributed by atoms with Crippen LogP contribution < -0.4 is 5.32 Å². The molecule has 0 fully saturated rings. The normalized spacial score (nSPS) is 11.7. The molecule has 1 amide bonds. The second-order valence-electron chi connectivity index (χ2n) is 8.16. The number of fused-ring (bicyclic) bond motifs is 1. The van der Waals surface area contributed by atoms with Gasteiger partial charge in [-0.2, -0.15) is 0 Å². The van der Waals surface area contributed by atoms with Crippen LogP contribution in [0.25, 0.3) is 10.9 Å². The van der Waals surface area contributed by atoms with E-state index in [9.17, 15) is 18.0 Å². The predicted molar refractivity (Wildman–Crippen MR) is 127 cm³/mol. The average Bonchev–Trinajstić information content (AvgIpc) is 2.77. The van der Waals surface area contributed by atoms with E-state index in [2.05, 4.69) is 10.3 Å². The third kappa shape index (κ3) is 5.37. The van der Waals surface area contributed by atoms with Gasteiger partial charge in [0.15, 0.2) is 6.61 Å². The van der Waals surface area contributed by atoms with Crippen molar-refractivity contribution < 1.29 is 22.7 Å². The van der Waals surface area contributed by atoms with E-state index < -0.39 is 28.5 Å². The zero-order chi connectivity index (χ0) is 24.3. The van der Waals surface area contributed by atoms with Crippen LogP contribution in [0.4, 0.5) is 5.69 Å². The van der Waals surface area contributed by atoms with Crippen molar-refractivity contribution in [2.75, 3.05) is 26.0 Å². The van der Waals surface area contributed by atoms with Gasteiger partial charge < -0.3 is 10.1 Å². The minimum absolute atomic E-state index is 0.0896. The quantitative estimate of drug-likeness (QED) is 0.529. The number of sulfonamides is 1. The van der Waals surface area contributed by atoms with E-state index in [0.29, 0.717) is 27.7 Å². The highest BCUT2D eigenvalue weighted by Crippen LogP contribution is 2.24. The Labute approximate surface area is 193 Å². The standard InChI is InChI=1S/C24H27N3O5S/c1-15(2)21-13-19(18-8-6-7-9-20(18)26-21)24(29)32-14-23(28)25-17-11-10-16(3)22(12-17)33(30,31)27(4)5/h6-13,15H,14H2,1-5H3,(H,25,28). The molecule has 33 heavy (non-hydrogen) atoms. The number of hydrogen-bond acceptors (Lipinski definition) is 6. The Hall–Kier alpha value is -3.30. The SMILES string of the molecule is Cc1ccc(NC(=O)COC(=O)c2cc(C(C)C)nc3ccccc23)cc1S(=O)(=O)N(C)C. The zero-order valence-corrected chi connectivity index (χ0v) is 20.1. The zero-order valence-electron chi connectivity index (χ0n) is 19.2. The fraction of sp³-hybridized carbons (Fsp3) is 0.292. The molecule has 0 spiro atoms. The molecular weight excluding hydrogens is 442 g/mol. The molecule has 174 valence electrons. The van der Waals surface area contributed by atoms with Crippen LogP contribution in [0.2, 0.25) is 0 Å². The number of aromatic nitrogens is 1. The summed E-state index contributed by atoms with van der Waals surface area (Å²) in [6.45, 7) is 5.11. The van der Waals surface area contributed by atoms with E-state index in [1.165, 1.54) is 20.2 Å². The highest BCUT2D eigenvalue weighted by molar-refractivity contribution is 7.89. The van der Waals surface area contributed by atoms with Crippen molar-refractivity contribution in [3.05, 3.63) is 65.4 Å². The highest BCUT2D eigenvalue weighted by Gasteiger charge is 2.21. The third-order valence-electron chi connectivity index (χ3n) is 5.11. The van der Waals surface area contributed by atoms with Crippen LogP contribution in [0, 0.1) is 6.92 Å². The van der Waals surface area contributed by atoms with E-state index in [0.717, 1.165) is 10.00 Å². The number of carbonyl (C=O) groups is 2. The summed E-state index contributed by atoms with van der Waals surface area (Å²) in [6, 6.07) is 13.5. The van der Waals surface area contributed by atoms with Crippen LogP contribution in [0.15, 0.2) is 53.4 Å². The van der Waals surface area contributed by atoms with Gasteiger partial charge in [0, 0.05) is 30.9 Å². The number of rotatable bonds is 7. The highest BCUT2D eigenvalue weighted by atomic mass is 32.2. The van der Waals surface area contributed by atoms with Gasteiger partial charge in [0.25, 0.3) is 5.91 Å². The Bertz CT molecular complexity index is 1320. The molecule has 9 heteroatoms. The average molecular weight is 470 g/mol. The fourth-order valence-corrected chi connectivity index (χ4v) is 4.36. The number of benzene rings is 2. The number of nitrogens with one attached hydrogen (secondary N) is 1. The molecule has 1 heterocycles. The summed E-state index contributed by atoms with van der Waals surface area (Å²) >= 11 is 0. The van der Waals surface area contributed by atoms with Crippen LogP contribution in [0.5, 0.6) is 0 Å². The fourth-order valence-electron chi connectivity index (χ4n) is 3.22. The Morgan fingerprint density at radius 2 is 1.79 bits per heavy atom. The number of esters is 1. The Kier molecular flexibility index (Phi) is 7.14. The summed E-state index contributed by atoms with van der Waals surface area (Å²) in [4.78, 5) is 29.9. The summed E-state index contributed by atoms with van der Waals surface area (Å²) in [6.07, 6.45) is 0. The first-order chi connectivity index (χ1) is 15.5. The van der Waals surface area contributed by atoms with Crippen molar-refractivity contribution in [2.45, 2.75) is 31.6 Å². The van der Waals surface area contributed by atoms with Gasteiger partial charge >= 0.3 is 5.97 Å². The van der Waals surface area contributed by atoms with Crippen molar-refractivity contribution in [3.63, 3.8) is 0 Å². The molecular formula is C24H27N3O5S. The topological polar surface area (TPSA) is 106 Å². The minimum atomic E-state index is -3.67. The molecule has 0 aliphatic heterocycles. The lowest BCUT2D eigenvalue weighted by Gasteiger charge is -2.15. The lowest BCUT2D eigenvalue weighted by atomic mass is 10.0. The molecule has 1 N–H and O–H groups in total. The molecule has 0 atom stereocenters. The van der Waals surface area contributed by atoms with Crippen molar-refractivity contribution in [1.29, 1.82) is 0 Å². The van der Waals surface area contributed by atoms with Crippen molar-refractivity contribution >= 4 is 38.5 Å². The predicted octanol–water partition coefficient (Wildman–Crippen LogP) is 3.71. The summed E-state index contributed by atoms with van der Waals surface area (Å²) in [5.74, 6) is -1.10. The van der Waals surface area contributed by atoms with Gasteiger partial charge in [-0.25, -0.2) is 17.5 Å². The Balaban J connectivity index is 1.76. The smallest absolute Gasteiger partial charge is 0.339 e. The third-order valence-corrected chi connectivity index (χ3v) is 7.07. The van der Waals surface area contributed by atoms with Crippen LogP contribution in [-0.4, -0.2) is 50.3 Å². The van der Waals surface area contributed by atoms with E-state index in [1.54, 1.807) is 37.3 Å². The number of ether oxygens (including phenoxy) is 1. The lowest BCUT2D eigenvalue weighted by Crippen LogP contribution is -2.24. The van der Waals surface area contributed by atoms with Crippen LogP contribution in [0.1, 0.15) is 41.4 Å². The maximum atomic E-state index is 12.8. The summed E-state index contributed by atoms with van der Waals surface area (Å²) < 4.78 is 31.3. The number of pyridine rings is 1. The number of amides is 1. The first-order valence-corrected chi connectivity index (χ1v) is 11.8. The van der Waals surface area contributed by atoms with Gasteiger partial charge in [-0.05, 0) is 42.7 Å². The summed E-state index contributed by atoms with van der Waals surface area (Å²) in [5.41, 5.74) is 2.61. The van der Waals surface area contributed by atoms with Gasteiger partial charge in [-0.3, -0.25) is 9.78 Å². The lowest BCUT2D eigenvalue weighted by molar-refractivity contribution is -0.119. The number of carbonyl (C=O) groups excluding carboxylic acids is 2. The second-order valence-corrected chi connectivity index (χ2v) is 10.3. The molecule has 0 bridgehead atoms. The molecule has 0 radical (unpaired) electrons. The van der Waals surface area contributed by atoms with Gasteiger partial charge in [-0.1, -0.05) is 38.1 Å². The molecule has 0 saturated carbocycles. The largest absolute Gasteiger partial charge is 0.452 e. The molecule has 3 rings (SSSR count). The van der Waals surface area contributed by atoms with E-state index in [-0.39, 0.29) is 10.8 Å². The van der Waals surface area contributed by atoms with Gasteiger partial charge in [0.2, 0.25) is 10.0 Å². The van der Waals surface area contributed by atoms with Crippen molar-refractivity contribution in [1.82, 2.24) is 9.29 Å². The molecule has 0 aliphatic carbocycles. The van der Waals surface area contributed by atoms with Crippen LogP contribution in [0.3, 0.4) is 0 Å². The maximum Gasteiger partial charge on any atom is 0.339 e. The van der Waals surface area contributed by atoms with Crippen LogP contribution >= 0.6 is 0 Å². The summed E-state index contributed by atoms with van der Waals surface area (Å²) in [7, 11) is -0.794. The molecule has 0 saturated heterocycles. The molecule has 2 aromatic carbocycles. The van der Waals surface area contributed by atoms with Gasteiger partial charge in [-0.15, -0.1) is 0 Å². The second kappa shape index (κ2) is 9.68. The molecule has 0 aliphatic rings. The number of nitrogens with zero attached hydrogens (tertiary/aromatic N) is 2. The monoisotopic (exact) mass is 469 g/mol. The number of aryl methyl sites for hydroxylation is 1. The molecule has 1 aromatic heterocycles. The van der Waals surface area contributed by atoms with E-state index in [4.69, 9.17) is 4.74 Å².